The van der Waals surface area contributed by atoms with Crippen molar-refractivity contribution in [2.24, 2.45) is 0 Å². The molecule has 0 bridgehead atoms. The third kappa shape index (κ3) is 4.02. The molecule has 3 aromatic rings. The van der Waals surface area contributed by atoms with Gasteiger partial charge in [-0.15, -0.1) is 0 Å². The highest BCUT2D eigenvalue weighted by Crippen LogP contribution is 2.29. The quantitative estimate of drug-likeness (QED) is 0.615. The zero-order valence-electron chi connectivity index (χ0n) is 15.9. The molecule has 4 rings (SSSR count). The van der Waals surface area contributed by atoms with Gasteiger partial charge >= 0.3 is 0 Å². The molecule has 0 spiro atoms. The first kappa shape index (κ1) is 18.3. The molecule has 26 heavy (non-hydrogen) atoms. The van der Waals surface area contributed by atoms with E-state index < -0.39 is 0 Å². The van der Waals surface area contributed by atoms with Gasteiger partial charge < -0.3 is 4.74 Å². The van der Waals surface area contributed by atoms with Crippen LogP contribution >= 0.6 is 0 Å². The Morgan fingerprint density at radius 2 is 2.00 bits per heavy atom. The maximum absolute atomic E-state index is 5.95. The minimum absolute atomic E-state index is 0.0417. The van der Waals surface area contributed by atoms with Crippen molar-refractivity contribution in [3.63, 3.8) is 0 Å². The molecule has 1 unspecified atom stereocenters. The van der Waals surface area contributed by atoms with Gasteiger partial charge in [-0.2, -0.15) is 5.10 Å². The van der Waals surface area contributed by atoms with Gasteiger partial charge in [-0.3, -0.25) is 4.98 Å². The zero-order chi connectivity index (χ0) is 18.4. The number of pyridine rings is 1. The molecule has 4 heteroatoms. The van der Waals surface area contributed by atoms with Gasteiger partial charge in [0.1, 0.15) is 0 Å². The summed E-state index contributed by atoms with van der Waals surface area (Å²) in [4.78, 5) is 4.34. The fraction of sp³-hybridized carbons (Fsp3) is 0.364. The molecular weight excluding hydrogens is 322 g/mol. The van der Waals surface area contributed by atoms with E-state index in [1.807, 2.05) is 44.2 Å². The molecule has 136 valence electrons. The lowest BCUT2D eigenvalue weighted by Crippen LogP contribution is -2.19. The average Bonchev–Trinajstić information content (AvgIpc) is 3.07. The molecule has 1 saturated heterocycles. The van der Waals surface area contributed by atoms with Crippen LogP contribution in [0.25, 0.3) is 23.1 Å². The van der Waals surface area contributed by atoms with Crippen molar-refractivity contribution >= 4 is 23.1 Å². The van der Waals surface area contributed by atoms with Crippen LogP contribution in [0.3, 0.4) is 0 Å². The van der Waals surface area contributed by atoms with Crippen molar-refractivity contribution in [3.8, 4) is 0 Å². The van der Waals surface area contributed by atoms with Gasteiger partial charge in [0.05, 0.1) is 16.9 Å². The minimum Gasteiger partial charge on any atom is -0.356 e. The predicted octanol–water partition coefficient (Wildman–Crippen LogP) is 5.64. The lowest BCUT2D eigenvalue weighted by atomic mass is 10.1. The number of aromatic nitrogens is 3. The smallest absolute Gasteiger partial charge is 0.150 e. The SMILES string of the molecule is CC.Cc1ccc2c(/C=C/c3ccccn3)nn(C3CCCCO3)c2c1. The Bertz CT molecular complexity index is 862. The number of rotatable bonds is 3. The van der Waals surface area contributed by atoms with Gasteiger partial charge in [0.15, 0.2) is 6.23 Å². The minimum atomic E-state index is 0.0417. The first-order valence-corrected chi connectivity index (χ1v) is 9.51. The van der Waals surface area contributed by atoms with Crippen molar-refractivity contribution < 1.29 is 4.74 Å². The Balaban J connectivity index is 0.000000948. The molecule has 1 fully saturated rings. The van der Waals surface area contributed by atoms with E-state index >= 15 is 0 Å². The van der Waals surface area contributed by atoms with Crippen LogP contribution in [0.4, 0.5) is 0 Å². The topological polar surface area (TPSA) is 39.9 Å². The molecule has 1 aromatic carbocycles. The van der Waals surface area contributed by atoms with E-state index in [1.165, 1.54) is 12.0 Å². The number of fused-ring (bicyclic) bond motifs is 1. The van der Waals surface area contributed by atoms with Crippen molar-refractivity contribution in [2.45, 2.75) is 46.3 Å². The molecule has 0 saturated carbocycles. The normalized spacial score (nSPS) is 17.3. The molecule has 2 aromatic heterocycles. The van der Waals surface area contributed by atoms with Gasteiger partial charge in [-0.05, 0) is 62.1 Å². The molecular formula is C22H27N3O. The number of nitrogens with zero attached hydrogens (tertiary/aromatic N) is 3. The summed E-state index contributed by atoms with van der Waals surface area (Å²) in [6, 6.07) is 12.4. The fourth-order valence-corrected chi connectivity index (χ4v) is 3.17. The fourth-order valence-electron chi connectivity index (χ4n) is 3.17. The standard InChI is InChI=1S/C20H21N3O.C2H6/c1-15-8-10-17-18(11-9-16-6-2-4-12-21-16)22-23(19(17)14-15)20-7-3-5-13-24-20;1-2/h2,4,6,8-12,14,20H,3,5,7,13H2,1H3;1-2H3/b11-9+;. The molecule has 1 atom stereocenters. The number of hydrogen-bond acceptors (Lipinski definition) is 3. The Kier molecular flexibility index (Phi) is 6.18. The van der Waals surface area contributed by atoms with Crippen LogP contribution in [0.5, 0.6) is 0 Å². The van der Waals surface area contributed by atoms with Gasteiger partial charge in [0, 0.05) is 18.2 Å². The molecule has 0 radical (unpaired) electrons. The van der Waals surface area contributed by atoms with Gasteiger partial charge in [0.2, 0.25) is 0 Å². The van der Waals surface area contributed by atoms with E-state index in [0.29, 0.717) is 0 Å². The highest BCUT2D eigenvalue weighted by molar-refractivity contribution is 5.90. The first-order valence-electron chi connectivity index (χ1n) is 9.51. The van der Waals surface area contributed by atoms with E-state index in [-0.39, 0.29) is 6.23 Å². The summed E-state index contributed by atoms with van der Waals surface area (Å²) < 4.78 is 8.01. The van der Waals surface area contributed by atoms with Gasteiger partial charge in [0.25, 0.3) is 0 Å². The van der Waals surface area contributed by atoms with E-state index in [4.69, 9.17) is 9.84 Å². The largest absolute Gasteiger partial charge is 0.356 e. The summed E-state index contributed by atoms with van der Waals surface area (Å²) in [5.41, 5.74) is 4.27. The second-order valence-corrected chi connectivity index (χ2v) is 6.26. The monoisotopic (exact) mass is 349 g/mol. The van der Waals surface area contributed by atoms with E-state index in [0.717, 1.165) is 41.7 Å². The Morgan fingerprint density at radius 3 is 2.73 bits per heavy atom. The van der Waals surface area contributed by atoms with Crippen molar-refractivity contribution in [2.75, 3.05) is 6.61 Å². The highest BCUT2D eigenvalue weighted by atomic mass is 16.5. The van der Waals surface area contributed by atoms with Crippen molar-refractivity contribution in [1.29, 1.82) is 0 Å². The van der Waals surface area contributed by atoms with Gasteiger partial charge in [-0.1, -0.05) is 32.0 Å². The number of hydrogen-bond donors (Lipinski definition) is 0. The molecule has 1 aliphatic rings. The Hall–Kier alpha value is -2.46. The van der Waals surface area contributed by atoms with Crippen LogP contribution in [-0.4, -0.2) is 21.4 Å². The van der Waals surface area contributed by atoms with Crippen LogP contribution in [0.15, 0.2) is 42.6 Å². The third-order valence-corrected chi connectivity index (χ3v) is 4.42. The Morgan fingerprint density at radius 1 is 1.12 bits per heavy atom. The highest BCUT2D eigenvalue weighted by Gasteiger charge is 2.20. The maximum atomic E-state index is 5.95. The zero-order valence-corrected chi connectivity index (χ0v) is 15.9. The molecule has 1 aliphatic heterocycles. The van der Waals surface area contributed by atoms with Gasteiger partial charge in [-0.25, -0.2) is 4.68 Å². The summed E-state index contributed by atoms with van der Waals surface area (Å²) in [5.74, 6) is 0. The molecule has 0 N–H and O–H groups in total. The van der Waals surface area contributed by atoms with Crippen LogP contribution in [0.2, 0.25) is 0 Å². The summed E-state index contributed by atoms with van der Waals surface area (Å²) in [7, 11) is 0. The summed E-state index contributed by atoms with van der Waals surface area (Å²) >= 11 is 0. The second kappa shape index (κ2) is 8.77. The Labute approximate surface area is 155 Å². The lowest BCUT2D eigenvalue weighted by Gasteiger charge is -2.23. The summed E-state index contributed by atoms with van der Waals surface area (Å²) in [6.07, 6.45) is 9.24. The van der Waals surface area contributed by atoms with Crippen LogP contribution in [0, 0.1) is 6.92 Å². The van der Waals surface area contributed by atoms with Crippen LogP contribution < -0.4 is 0 Å². The number of benzene rings is 1. The summed E-state index contributed by atoms with van der Waals surface area (Å²) in [5, 5.41) is 6.00. The lowest BCUT2D eigenvalue weighted by molar-refractivity contribution is -0.0367. The number of ether oxygens (including phenoxy) is 1. The molecule has 0 amide bonds. The number of aryl methyl sites for hydroxylation is 1. The summed E-state index contributed by atoms with van der Waals surface area (Å²) in [6.45, 7) is 6.93. The van der Waals surface area contributed by atoms with Crippen LogP contribution in [0.1, 0.15) is 56.3 Å². The van der Waals surface area contributed by atoms with Crippen LogP contribution in [-0.2, 0) is 4.74 Å². The average molecular weight is 349 g/mol. The molecule has 3 heterocycles. The second-order valence-electron chi connectivity index (χ2n) is 6.26. The third-order valence-electron chi connectivity index (χ3n) is 4.42. The molecule has 4 nitrogen and oxygen atoms in total. The first-order chi connectivity index (χ1) is 12.8. The van der Waals surface area contributed by atoms with Crippen molar-refractivity contribution in [1.82, 2.24) is 14.8 Å². The molecule has 0 aliphatic carbocycles. The van der Waals surface area contributed by atoms with E-state index in [9.17, 15) is 0 Å². The van der Waals surface area contributed by atoms with Crippen molar-refractivity contribution in [3.05, 3.63) is 59.5 Å². The van der Waals surface area contributed by atoms with E-state index in [2.05, 4.69) is 34.8 Å². The maximum Gasteiger partial charge on any atom is 0.150 e. The predicted molar refractivity (Wildman–Crippen MR) is 108 cm³/mol. The van der Waals surface area contributed by atoms with E-state index in [1.54, 1.807) is 6.20 Å².